The predicted molar refractivity (Wildman–Crippen MR) is 78.6 cm³/mol. The molecule has 0 aromatic heterocycles. The number of hydroxylamine groups is 1. The smallest absolute Gasteiger partial charge is 0.248 e. The Balaban J connectivity index is 2.01. The van der Waals surface area contributed by atoms with E-state index < -0.39 is 16.3 Å². The molecule has 1 aliphatic carbocycles. The molecule has 0 fully saturated rings. The Hall–Kier alpha value is -2.22. The Morgan fingerprint density at radius 2 is 1.82 bits per heavy atom. The zero-order valence-corrected chi connectivity index (χ0v) is 12.5. The SMILES string of the molecule is CC(=O)N(OS(=O)(=O)[O-])c1ccc2c(c1)Cc1ccccc1-2. The Morgan fingerprint density at radius 3 is 2.50 bits per heavy atom. The van der Waals surface area contributed by atoms with Gasteiger partial charge in [-0.25, -0.2) is 8.42 Å². The summed E-state index contributed by atoms with van der Waals surface area (Å²) < 4.78 is 36.5. The van der Waals surface area contributed by atoms with E-state index in [9.17, 15) is 17.8 Å². The van der Waals surface area contributed by atoms with Crippen molar-refractivity contribution in [3.05, 3.63) is 53.6 Å². The lowest BCUT2D eigenvalue weighted by Crippen LogP contribution is -2.31. The molecule has 3 rings (SSSR count). The molecule has 0 N–H and O–H groups in total. The topological polar surface area (TPSA) is 86.7 Å². The molecule has 0 atom stereocenters. The highest BCUT2D eigenvalue weighted by Gasteiger charge is 2.22. The quantitative estimate of drug-likeness (QED) is 0.419. The molecule has 0 heterocycles. The average molecular weight is 318 g/mol. The maximum absolute atomic E-state index is 11.5. The standard InChI is InChI=1S/C15H13NO5S/c1-10(17)16(21-22(18,19)20)13-6-7-15-12(9-13)8-11-4-2-3-5-14(11)15/h2-7,9H,8H2,1H3,(H,18,19,20)/p-1. The molecule has 1 amide bonds. The van der Waals surface area contributed by atoms with E-state index in [4.69, 9.17) is 0 Å². The first-order valence-corrected chi connectivity index (χ1v) is 7.86. The first kappa shape index (κ1) is 14.7. The van der Waals surface area contributed by atoms with Crippen LogP contribution in [-0.4, -0.2) is 18.9 Å². The van der Waals surface area contributed by atoms with Gasteiger partial charge in [-0.1, -0.05) is 30.3 Å². The number of carbonyl (C=O) groups is 1. The summed E-state index contributed by atoms with van der Waals surface area (Å²) in [6.07, 6.45) is 0.676. The van der Waals surface area contributed by atoms with E-state index in [1.807, 2.05) is 24.3 Å². The molecule has 114 valence electrons. The highest BCUT2D eigenvalue weighted by Crippen LogP contribution is 2.38. The minimum absolute atomic E-state index is 0.207. The van der Waals surface area contributed by atoms with Crippen molar-refractivity contribution in [2.75, 3.05) is 5.06 Å². The summed E-state index contributed by atoms with van der Waals surface area (Å²) in [6.45, 7) is 1.12. The Morgan fingerprint density at radius 1 is 1.14 bits per heavy atom. The second-order valence-electron chi connectivity index (χ2n) is 4.97. The zero-order chi connectivity index (χ0) is 15.9. The number of nitrogens with zero attached hydrogens (tertiary/aromatic N) is 1. The lowest BCUT2D eigenvalue weighted by molar-refractivity contribution is -0.120. The molecule has 0 radical (unpaired) electrons. The third-order valence-electron chi connectivity index (χ3n) is 3.46. The summed E-state index contributed by atoms with van der Waals surface area (Å²) in [5.74, 6) is -0.699. The van der Waals surface area contributed by atoms with E-state index in [1.54, 1.807) is 18.2 Å². The lowest BCUT2D eigenvalue weighted by atomic mass is 10.1. The second kappa shape index (κ2) is 5.20. The van der Waals surface area contributed by atoms with E-state index in [0.717, 1.165) is 29.2 Å². The van der Waals surface area contributed by atoms with Crippen LogP contribution >= 0.6 is 0 Å². The van der Waals surface area contributed by atoms with Crippen molar-refractivity contribution in [2.24, 2.45) is 0 Å². The molecule has 2 aromatic rings. The number of fused-ring (bicyclic) bond motifs is 3. The van der Waals surface area contributed by atoms with Gasteiger partial charge in [-0.05, 0) is 40.8 Å². The fraction of sp³-hybridized carbons (Fsp3) is 0.133. The van der Waals surface area contributed by atoms with Crippen LogP contribution in [0.3, 0.4) is 0 Å². The Labute approximate surface area is 127 Å². The molecule has 0 bridgehead atoms. The van der Waals surface area contributed by atoms with E-state index in [1.165, 1.54) is 0 Å². The third-order valence-corrected chi connectivity index (χ3v) is 3.80. The number of amides is 1. The zero-order valence-electron chi connectivity index (χ0n) is 11.6. The van der Waals surface area contributed by atoms with Crippen molar-refractivity contribution in [1.82, 2.24) is 0 Å². The van der Waals surface area contributed by atoms with Crippen molar-refractivity contribution in [2.45, 2.75) is 13.3 Å². The van der Waals surface area contributed by atoms with E-state index in [2.05, 4.69) is 4.28 Å². The summed E-state index contributed by atoms with van der Waals surface area (Å²) >= 11 is 0. The van der Waals surface area contributed by atoms with Gasteiger partial charge in [-0.15, -0.1) is 0 Å². The van der Waals surface area contributed by atoms with Gasteiger partial charge in [0.1, 0.15) is 0 Å². The molecule has 0 aliphatic heterocycles. The van der Waals surface area contributed by atoms with Gasteiger partial charge in [0.2, 0.25) is 16.3 Å². The van der Waals surface area contributed by atoms with Crippen molar-refractivity contribution >= 4 is 22.0 Å². The average Bonchev–Trinajstić information content (AvgIpc) is 2.81. The molecule has 22 heavy (non-hydrogen) atoms. The van der Waals surface area contributed by atoms with Crippen LogP contribution in [0.1, 0.15) is 18.1 Å². The van der Waals surface area contributed by atoms with Gasteiger partial charge in [0.15, 0.2) is 0 Å². The number of hydrogen-bond donors (Lipinski definition) is 0. The molecule has 2 aromatic carbocycles. The van der Waals surface area contributed by atoms with Gasteiger partial charge < -0.3 is 4.55 Å². The minimum atomic E-state index is -5.03. The third kappa shape index (κ3) is 2.74. The molecule has 1 aliphatic rings. The Kier molecular flexibility index (Phi) is 3.48. The van der Waals surface area contributed by atoms with Crippen LogP contribution in [0.4, 0.5) is 5.69 Å². The van der Waals surface area contributed by atoms with Crippen LogP contribution in [0.2, 0.25) is 0 Å². The molecule has 0 spiro atoms. The van der Waals surface area contributed by atoms with Crippen molar-refractivity contribution in [1.29, 1.82) is 0 Å². The van der Waals surface area contributed by atoms with Crippen LogP contribution in [0.5, 0.6) is 0 Å². The van der Waals surface area contributed by atoms with Gasteiger partial charge in [-0.2, -0.15) is 9.35 Å². The molecule has 0 saturated heterocycles. The largest absolute Gasteiger partial charge is 0.724 e. The van der Waals surface area contributed by atoms with E-state index in [0.29, 0.717) is 11.5 Å². The lowest BCUT2D eigenvalue weighted by Gasteiger charge is -2.21. The fourth-order valence-corrected chi connectivity index (χ4v) is 3.00. The summed E-state index contributed by atoms with van der Waals surface area (Å²) in [4.78, 5) is 11.5. The first-order valence-electron chi connectivity index (χ1n) is 6.52. The van der Waals surface area contributed by atoms with Gasteiger partial charge >= 0.3 is 0 Å². The van der Waals surface area contributed by atoms with Gasteiger partial charge in [0.05, 0.1) is 5.69 Å². The van der Waals surface area contributed by atoms with Crippen LogP contribution in [0, 0.1) is 0 Å². The maximum atomic E-state index is 11.5. The second-order valence-corrected chi connectivity index (χ2v) is 5.94. The summed E-state index contributed by atoms with van der Waals surface area (Å²) in [7, 11) is -5.03. The van der Waals surface area contributed by atoms with Crippen molar-refractivity contribution in [3.63, 3.8) is 0 Å². The molecule has 6 nitrogen and oxygen atoms in total. The predicted octanol–water partition coefficient (Wildman–Crippen LogP) is 2.00. The number of carbonyl (C=O) groups excluding carboxylic acids is 1. The van der Waals surface area contributed by atoms with Crippen LogP contribution in [0.15, 0.2) is 42.5 Å². The van der Waals surface area contributed by atoms with E-state index >= 15 is 0 Å². The normalized spacial score (nSPS) is 12.6. The summed E-state index contributed by atoms with van der Waals surface area (Å²) in [5.41, 5.74) is 4.43. The molecule has 7 heteroatoms. The van der Waals surface area contributed by atoms with Gasteiger partial charge in [0, 0.05) is 6.92 Å². The van der Waals surface area contributed by atoms with Gasteiger partial charge in [-0.3, -0.25) is 4.79 Å². The van der Waals surface area contributed by atoms with Gasteiger partial charge in [0.25, 0.3) is 0 Å². The number of hydrogen-bond acceptors (Lipinski definition) is 5. The number of benzene rings is 2. The summed E-state index contributed by atoms with van der Waals surface area (Å²) in [5, 5.41) is 0.492. The van der Waals surface area contributed by atoms with Crippen LogP contribution < -0.4 is 5.06 Å². The van der Waals surface area contributed by atoms with E-state index in [-0.39, 0.29) is 5.69 Å². The van der Waals surface area contributed by atoms with Crippen LogP contribution in [-0.2, 0) is 25.9 Å². The minimum Gasteiger partial charge on any atom is -0.724 e. The Bertz CT molecular complexity index is 860. The van der Waals surface area contributed by atoms with Crippen molar-refractivity contribution in [3.8, 4) is 11.1 Å². The van der Waals surface area contributed by atoms with Crippen LogP contribution in [0.25, 0.3) is 11.1 Å². The number of rotatable bonds is 3. The first-order chi connectivity index (χ1) is 10.3. The summed E-state index contributed by atoms with van der Waals surface area (Å²) in [6, 6.07) is 12.9. The number of anilines is 1. The monoisotopic (exact) mass is 318 g/mol. The highest BCUT2D eigenvalue weighted by molar-refractivity contribution is 7.80. The highest BCUT2D eigenvalue weighted by atomic mass is 32.3. The molecular weight excluding hydrogens is 306 g/mol. The molecule has 0 unspecified atom stereocenters. The maximum Gasteiger partial charge on any atom is 0.248 e. The fourth-order valence-electron chi connectivity index (χ4n) is 2.63. The van der Waals surface area contributed by atoms with Crippen molar-refractivity contribution < 1.29 is 22.0 Å². The molecular formula is C15H12NO5S-. The molecule has 0 saturated carbocycles.